The lowest BCUT2D eigenvalue weighted by Gasteiger charge is -1.97. The fraction of sp³-hybridized carbons (Fsp3) is 0.222. The van der Waals surface area contributed by atoms with Crippen LogP contribution in [0.25, 0.3) is 0 Å². The van der Waals surface area contributed by atoms with Crippen LogP contribution in [-0.2, 0) is 17.3 Å². The molecule has 0 N–H and O–H groups in total. The minimum Gasteiger partial charge on any atom is -0.440 e. The Morgan fingerprint density at radius 2 is 2.11 bits per heavy atom. The van der Waals surface area contributed by atoms with Crippen molar-refractivity contribution in [2.24, 2.45) is 7.05 Å². The molecule has 0 aliphatic carbocycles. The Morgan fingerprint density at radius 1 is 1.42 bits per heavy atom. The van der Waals surface area contributed by atoms with Crippen LogP contribution in [0.3, 0.4) is 0 Å². The Balaban J connectivity index is 2.67. The first-order chi connectivity index (χ1) is 8.91. The van der Waals surface area contributed by atoms with Gasteiger partial charge in [0.15, 0.2) is 0 Å². The summed E-state index contributed by atoms with van der Waals surface area (Å²) in [7, 11) is -1.36. The lowest BCUT2D eigenvalue weighted by Crippen LogP contribution is -2.13. The van der Waals surface area contributed by atoms with Gasteiger partial charge in [-0.25, -0.2) is 14.5 Å². The summed E-state index contributed by atoms with van der Waals surface area (Å²) in [5.41, 5.74) is 0. The number of hydrogen-bond donors (Lipinski definition) is 0. The predicted octanol–water partition coefficient (Wildman–Crippen LogP) is 0.0726. The molecular weight excluding hydrogens is 276 g/mol. The molecule has 2 aromatic rings. The largest absolute Gasteiger partial charge is 0.440 e. The van der Waals surface area contributed by atoms with Crippen LogP contribution in [0.15, 0.2) is 16.8 Å². The highest BCUT2D eigenvalue weighted by Crippen LogP contribution is 2.15. The topological polar surface area (TPSA) is 121 Å². The molecule has 0 amide bonds. The molecule has 0 atom stereocenters. The first kappa shape index (κ1) is 13.0. The van der Waals surface area contributed by atoms with Gasteiger partial charge in [0.2, 0.25) is 26.9 Å². The molecule has 10 heteroatoms. The number of hydrogen-bond acceptors (Lipinski definition) is 7. The molecule has 0 bridgehead atoms. The Morgan fingerprint density at radius 3 is 2.53 bits per heavy atom. The second-order valence-corrected chi connectivity index (χ2v) is 4.47. The maximum absolute atomic E-state index is 11.3. The fourth-order valence-corrected chi connectivity index (χ4v) is 2.06. The van der Waals surface area contributed by atoms with E-state index in [4.69, 9.17) is 4.42 Å². The molecule has 0 radical (unpaired) electrons. The standard InChI is InChI=1S/C9H8N4O5S/c1-5-3-11-9(18-5)7(19(16)17)8-10-4-6(12(8)2)13(14)15/h3-4H,1-2H3. The van der Waals surface area contributed by atoms with Crippen molar-refractivity contribution in [3.63, 3.8) is 0 Å². The van der Waals surface area contributed by atoms with Gasteiger partial charge >= 0.3 is 5.82 Å². The van der Waals surface area contributed by atoms with Gasteiger partial charge in [0.1, 0.15) is 12.0 Å². The third kappa shape index (κ3) is 2.25. The number of aryl methyl sites for hydroxylation is 1. The second-order valence-electron chi connectivity index (χ2n) is 3.60. The molecule has 0 fully saturated rings. The van der Waals surface area contributed by atoms with Crippen molar-refractivity contribution in [1.82, 2.24) is 14.5 Å². The van der Waals surface area contributed by atoms with Gasteiger partial charge in [-0.2, -0.15) is 8.42 Å². The highest BCUT2D eigenvalue weighted by atomic mass is 32.2. The van der Waals surface area contributed by atoms with Crippen molar-refractivity contribution < 1.29 is 17.8 Å². The molecular formula is C9H8N4O5S. The van der Waals surface area contributed by atoms with Gasteiger partial charge in [0.25, 0.3) is 0 Å². The summed E-state index contributed by atoms with van der Waals surface area (Å²) in [4.78, 5) is 17.2. The maximum Gasteiger partial charge on any atom is 0.342 e. The minimum absolute atomic E-state index is 0.109. The molecule has 19 heavy (non-hydrogen) atoms. The number of nitro groups is 1. The first-order valence-electron chi connectivity index (χ1n) is 4.97. The summed E-state index contributed by atoms with van der Waals surface area (Å²) in [6.07, 6.45) is 2.32. The average molecular weight is 284 g/mol. The van der Waals surface area contributed by atoms with Crippen LogP contribution in [0.5, 0.6) is 0 Å². The van der Waals surface area contributed by atoms with E-state index in [1.54, 1.807) is 6.92 Å². The van der Waals surface area contributed by atoms with E-state index in [0.29, 0.717) is 5.76 Å². The number of aromatic nitrogens is 3. The molecule has 2 aromatic heterocycles. The van der Waals surface area contributed by atoms with E-state index in [2.05, 4.69) is 9.97 Å². The van der Waals surface area contributed by atoms with E-state index >= 15 is 0 Å². The molecule has 0 saturated carbocycles. The number of imidazole rings is 1. The summed E-state index contributed by atoms with van der Waals surface area (Å²) in [5.74, 6) is -0.181. The minimum atomic E-state index is -2.70. The normalized spacial score (nSPS) is 10.4. The lowest BCUT2D eigenvalue weighted by atomic mass is 10.4. The monoisotopic (exact) mass is 284 g/mol. The zero-order valence-corrected chi connectivity index (χ0v) is 10.7. The van der Waals surface area contributed by atoms with E-state index in [-0.39, 0.29) is 22.4 Å². The number of rotatable bonds is 3. The zero-order chi connectivity index (χ0) is 14.2. The molecule has 0 unspecified atom stereocenters. The van der Waals surface area contributed by atoms with Crippen LogP contribution in [0.4, 0.5) is 5.82 Å². The molecule has 100 valence electrons. The smallest absolute Gasteiger partial charge is 0.342 e. The van der Waals surface area contributed by atoms with Crippen LogP contribution in [-0.4, -0.2) is 32.7 Å². The Hall–Kier alpha value is -2.49. The fourth-order valence-electron chi connectivity index (χ4n) is 1.48. The van der Waals surface area contributed by atoms with Gasteiger partial charge in [-0.05, 0) is 11.8 Å². The SMILES string of the molecule is Cc1cnc(C(c2ncc([N+](=O)[O-])n2C)=S(=O)=O)o1. The summed E-state index contributed by atoms with van der Waals surface area (Å²) >= 11 is 0. The van der Waals surface area contributed by atoms with Crippen LogP contribution in [0.2, 0.25) is 0 Å². The van der Waals surface area contributed by atoms with Crippen molar-refractivity contribution in [3.05, 3.63) is 40.0 Å². The van der Waals surface area contributed by atoms with Crippen LogP contribution < -0.4 is 0 Å². The summed E-state index contributed by atoms with van der Waals surface area (Å²) in [6, 6.07) is 0. The van der Waals surface area contributed by atoms with Crippen LogP contribution in [0, 0.1) is 17.0 Å². The summed E-state index contributed by atoms with van der Waals surface area (Å²) in [6.45, 7) is 1.60. The molecule has 2 heterocycles. The highest BCUT2D eigenvalue weighted by molar-refractivity contribution is 7.73. The van der Waals surface area contributed by atoms with E-state index in [0.717, 1.165) is 10.8 Å². The van der Waals surface area contributed by atoms with E-state index in [1.807, 2.05) is 0 Å². The van der Waals surface area contributed by atoms with Gasteiger partial charge in [0.05, 0.1) is 13.2 Å². The Kier molecular flexibility index (Phi) is 3.17. The number of oxazole rings is 1. The van der Waals surface area contributed by atoms with Crippen molar-refractivity contribution in [1.29, 1.82) is 0 Å². The molecule has 2 rings (SSSR count). The Labute approximate surface area is 108 Å². The van der Waals surface area contributed by atoms with Gasteiger partial charge < -0.3 is 14.5 Å². The third-order valence-electron chi connectivity index (χ3n) is 2.34. The molecule has 9 nitrogen and oxygen atoms in total. The van der Waals surface area contributed by atoms with Crippen molar-refractivity contribution in [2.75, 3.05) is 0 Å². The quantitative estimate of drug-likeness (QED) is 0.338. The molecule has 0 saturated heterocycles. The van der Waals surface area contributed by atoms with Crippen molar-refractivity contribution in [2.45, 2.75) is 6.92 Å². The van der Waals surface area contributed by atoms with E-state index < -0.39 is 15.2 Å². The summed E-state index contributed by atoms with van der Waals surface area (Å²) < 4.78 is 28.7. The van der Waals surface area contributed by atoms with Gasteiger partial charge in [-0.1, -0.05) is 0 Å². The van der Waals surface area contributed by atoms with Crippen LogP contribution in [0.1, 0.15) is 17.5 Å². The average Bonchev–Trinajstić information content (AvgIpc) is 2.87. The summed E-state index contributed by atoms with van der Waals surface area (Å²) in [5, 5.41) is 10.7. The predicted molar refractivity (Wildman–Crippen MR) is 63.2 cm³/mol. The molecule has 0 aliphatic rings. The second kappa shape index (κ2) is 4.65. The molecule has 0 spiro atoms. The van der Waals surface area contributed by atoms with Crippen molar-refractivity contribution >= 4 is 21.0 Å². The van der Waals surface area contributed by atoms with Gasteiger partial charge in [0, 0.05) is 0 Å². The van der Waals surface area contributed by atoms with Gasteiger partial charge in [-0.3, -0.25) is 0 Å². The molecule has 0 aromatic carbocycles. The van der Waals surface area contributed by atoms with Gasteiger partial charge in [-0.15, -0.1) is 0 Å². The van der Waals surface area contributed by atoms with E-state index in [9.17, 15) is 18.5 Å². The highest BCUT2D eigenvalue weighted by Gasteiger charge is 2.26. The maximum atomic E-state index is 11.3. The first-order valence-corrected chi connectivity index (χ1v) is 6.04. The van der Waals surface area contributed by atoms with Crippen LogP contribution >= 0.6 is 0 Å². The number of nitrogens with zero attached hydrogens (tertiary/aromatic N) is 4. The van der Waals surface area contributed by atoms with Crippen molar-refractivity contribution in [3.8, 4) is 0 Å². The van der Waals surface area contributed by atoms with E-state index in [1.165, 1.54) is 13.2 Å². The lowest BCUT2D eigenvalue weighted by molar-refractivity contribution is -0.391. The Bertz CT molecular complexity index is 777. The molecule has 0 aliphatic heterocycles. The third-order valence-corrected chi connectivity index (χ3v) is 3.03. The zero-order valence-electron chi connectivity index (χ0n) is 9.89.